The second-order valence-electron chi connectivity index (χ2n) is 3.35. The molecule has 0 aliphatic carbocycles. The van der Waals surface area contributed by atoms with Crippen LogP contribution in [0.15, 0.2) is 0 Å². The van der Waals surface area contributed by atoms with Crippen molar-refractivity contribution in [1.82, 2.24) is 0 Å². The van der Waals surface area contributed by atoms with E-state index in [0.29, 0.717) is 0 Å². The first-order chi connectivity index (χ1) is 9.00. The fourth-order valence-corrected chi connectivity index (χ4v) is 0.848. The molecule has 0 saturated heterocycles. The van der Waals surface area contributed by atoms with E-state index < -0.39 is 48.1 Å². The highest BCUT2D eigenvalue weighted by Gasteiger charge is 2.88. The van der Waals surface area contributed by atoms with Gasteiger partial charge in [0, 0.05) is 5.92 Å². The minimum Gasteiger partial charge on any atom is -0.192 e. The van der Waals surface area contributed by atoms with Crippen molar-refractivity contribution in [2.45, 2.75) is 29.6 Å². The van der Waals surface area contributed by atoms with Gasteiger partial charge in [0.1, 0.15) is 6.17 Å². The van der Waals surface area contributed by atoms with Crippen LogP contribution in [0.25, 0.3) is 0 Å². The van der Waals surface area contributed by atoms with E-state index in [4.69, 9.17) is 0 Å². The summed E-state index contributed by atoms with van der Waals surface area (Å²) in [6.45, 7) is 0. The third-order valence-corrected chi connectivity index (χ3v) is 2.02. The lowest BCUT2D eigenvalue weighted by Gasteiger charge is -2.37. The van der Waals surface area contributed by atoms with Gasteiger partial charge in [0.2, 0.25) is 0 Å². The van der Waals surface area contributed by atoms with Crippen LogP contribution in [0.5, 0.6) is 0 Å². The average Bonchev–Trinajstić information content (AvgIpc) is 2.27. The lowest BCUT2D eigenvalue weighted by atomic mass is 9.95. The summed E-state index contributed by atoms with van der Waals surface area (Å²) in [4.78, 5) is 0. The highest BCUT2D eigenvalue weighted by atomic mass is 19.4. The molecular weight excluding hydrogens is 343 g/mol. The zero-order valence-corrected chi connectivity index (χ0v) is 8.91. The summed E-state index contributed by atoms with van der Waals surface area (Å²) in [7, 11) is 0. The molecule has 0 fully saturated rings. The molecule has 0 bridgehead atoms. The average molecular weight is 343 g/mol. The molecule has 0 aromatic rings. The van der Waals surface area contributed by atoms with Crippen molar-refractivity contribution in [3.63, 3.8) is 0 Å². The molecule has 21 heavy (non-hydrogen) atoms. The number of rotatable bonds is 5. The highest BCUT2D eigenvalue weighted by Crippen LogP contribution is 2.58. The van der Waals surface area contributed by atoms with E-state index in [2.05, 4.69) is 0 Å². The Morgan fingerprint density at radius 3 is 1.29 bits per heavy atom. The number of halogens is 13. The molecule has 123 valence electrons. The van der Waals surface area contributed by atoms with Gasteiger partial charge in [-0.3, -0.25) is 0 Å². The molecule has 0 aromatic carbocycles. The molecule has 0 N–H and O–H groups in total. The molecule has 0 heterocycles. The van der Waals surface area contributed by atoms with Crippen LogP contribution in [0.3, 0.4) is 0 Å². The van der Waals surface area contributed by atoms with E-state index in [1.54, 1.807) is 0 Å². The Labute approximate surface area is 106 Å². The molecule has 0 spiro atoms. The Hall–Kier alpha value is -1.35. The smallest absolute Gasteiger partial charge is 0.192 e. The van der Waals surface area contributed by atoms with Gasteiger partial charge in [-0.25, -0.2) is 0 Å². The first-order valence-corrected chi connectivity index (χ1v) is 4.21. The SMILES string of the molecule is FC#CC(F)(F)C(F)(F)C(F)(F)C(F)(F)C(F)(F)[C](F)F. The van der Waals surface area contributed by atoms with E-state index in [1.165, 1.54) is 0 Å². The minimum absolute atomic E-state index is 0.500. The quantitative estimate of drug-likeness (QED) is 0.509. The molecule has 0 saturated carbocycles. The highest BCUT2D eigenvalue weighted by molar-refractivity contribution is 5.19. The van der Waals surface area contributed by atoms with Gasteiger partial charge in [0.15, 0.2) is 0 Å². The summed E-state index contributed by atoms with van der Waals surface area (Å²) in [5, 5.41) is 0. The largest absolute Gasteiger partial charge is 0.390 e. The first-order valence-electron chi connectivity index (χ1n) is 4.21. The van der Waals surface area contributed by atoms with Crippen molar-refractivity contribution in [2.75, 3.05) is 0 Å². The lowest BCUT2D eigenvalue weighted by molar-refractivity contribution is -0.396. The summed E-state index contributed by atoms with van der Waals surface area (Å²) < 4.78 is 159. The first kappa shape index (κ1) is 19.7. The second-order valence-corrected chi connectivity index (χ2v) is 3.35. The Balaban J connectivity index is 6.12. The van der Waals surface area contributed by atoms with Gasteiger partial charge in [-0.15, -0.1) is 4.39 Å². The maximum Gasteiger partial charge on any atom is 0.390 e. The van der Waals surface area contributed by atoms with E-state index in [-0.39, 0.29) is 0 Å². The molecule has 0 rings (SSSR count). The number of alkyl halides is 10. The van der Waals surface area contributed by atoms with Crippen molar-refractivity contribution in [1.29, 1.82) is 0 Å². The topological polar surface area (TPSA) is 0 Å². The molecule has 0 aromatic heterocycles. The van der Waals surface area contributed by atoms with Crippen molar-refractivity contribution in [3.8, 4) is 12.1 Å². The van der Waals surface area contributed by atoms with Crippen molar-refractivity contribution in [3.05, 3.63) is 6.43 Å². The molecular formula is C8F13. The third kappa shape index (κ3) is 2.59. The van der Waals surface area contributed by atoms with E-state index in [1.807, 2.05) is 0 Å². The van der Waals surface area contributed by atoms with Crippen molar-refractivity contribution >= 4 is 0 Å². The zero-order chi connectivity index (χ0) is 17.5. The van der Waals surface area contributed by atoms with Crippen LogP contribution in [-0.2, 0) is 0 Å². The van der Waals surface area contributed by atoms with Gasteiger partial charge in [-0.1, -0.05) is 0 Å². The standard InChI is InChI=1S/C8F13/c9-2-1-4(12,13)6(16,17)8(20,21)7(18,19)5(14,15)3(10)11. The van der Waals surface area contributed by atoms with Gasteiger partial charge in [-0.05, 0) is 0 Å². The third-order valence-electron chi connectivity index (χ3n) is 2.02. The minimum atomic E-state index is -7.69. The Kier molecular flexibility index (Phi) is 4.80. The lowest BCUT2D eigenvalue weighted by Crippen LogP contribution is -2.67. The number of hydrogen-bond donors (Lipinski definition) is 0. The van der Waals surface area contributed by atoms with Crippen LogP contribution < -0.4 is 0 Å². The molecule has 0 unspecified atom stereocenters. The predicted octanol–water partition coefficient (Wildman–Crippen LogP) is 4.52. The van der Waals surface area contributed by atoms with Gasteiger partial charge >= 0.3 is 36.0 Å². The van der Waals surface area contributed by atoms with E-state index in [0.717, 1.165) is 0 Å². The van der Waals surface area contributed by atoms with Gasteiger partial charge in [-0.2, -0.15) is 52.7 Å². The van der Waals surface area contributed by atoms with Crippen LogP contribution >= 0.6 is 0 Å². The molecule has 13 heteroatoms. The zero-order valence-electron chi connectivity index (χ0n) is 8.91. The van der Waals surface area contributed by atoms with Crippen LogP contribution in [0.2, 0.25) is 0 Å². The van der Waals surface area contributed by atoms with Crippen molar-refractivity contribution < 1.29 is 57.1 Å². The monoisotopic (exact) mass is 343 g/mol. The summed E-state index contributed by atoms with van der Waals surface area (Å²) >= 11 is 0. The molecule has 0 atom stereocenters. The van der Waals surface area contributed by atoms with Crippen LogP contribution in [0.1, 0.15) is 0 Å². The maximum atomic E-state index is 12.7. The molecule has 0 nitrogen and oxygen atoms in total. The van der Waals surface area contributed by atoms with Gasteiger partial charge < -0.3 is 0 Å². The van der Waals surface area contributed by atoms with Gasteiger partial charge in [0.25, 0.3) is 0 Å². The fourth-order valence-electron chi connectivity index (χ4n) is 0.848. The maximum absolute atomic E-state index is 12.7. The van der Waals surface area contributed by atoms with E-state index in [9.17, 15) is 57.1 Å². The summed E-state index contributed by atoms with van der Waals surface area (Å²) in [6, 6.07) is 0. The normalized spacial score (nSPS) is 15.0. The van der Waals surface area contributed by atoms with Gasteiger partial charge in [0.05, 0.1) is 0 Å². The predicted molar refractivity (Wildman–Crippen MR) is 39.1 cm³/mol. The van der Waals surface area contributed by atoms with E-state index >= 15 is 0 Å². The van der Waals surface area contributed by atoms with Crippen LogP contribution in [0.4, 0.5) is 57.1 Å². The molecule has 1 radical (unpaired) electrons. The summed E-state index contributed by atoms with van der Waals surface area (Å²) in [6.07, 6.45) is -5.22. The van der Waals surface area contributed by atoms with Crippen LogP contribution in [0, 0.1) is 18.5 Å². The molecule has 0 aliphatic rings. The Bertz CT molecular complexity index is 437. The Morgan fingerprint density at radius 2 is 1.00 bits per heavy atom. The number of hydrogen-bond acceptors (Lipinski definition) is 0. The summed E-state index contributed by atoms with van der Waals surface area (Å²) in [5.74, 6) is -36.9. The van der Waals surface area contributed by atoms with Crippen molar-refractivity contribution in [2.24, 2.45) is 0 Å². The fraction of sp³-hybridized carbons (Fsp3) is 0.625. The summed E-state index contributed by atoms with van der Waals surface area (Å²) in [5.41, 5.74) is 0. The van der Waals surface area contributed by atoms with Crippen LogP contribution in [-0.4, -0.2) is 29.6 Å². The molecule has 0 aliphatic heterocycles. The second kappa shape index (κ2) is 5.13. The Morgan fingerprint density at radius 1 is 0.619 bits per heavy atom. The molecule has 0 amide bonds.